The Bertz CT molecular complexity index is 1320. The zero-order valence-electron chi connectivity index (χ0n) is 20.0. The summed E-state index contributed by atoms with van der Waals surface area (Å²) in [5.74, 6) is -2.24. The Hall–Kier alpha value is -3.39. The Morgan fingerprint density at radius 1 is 1.22 bits per heavy atom. The molecular formula is C23H23F3N4O5S2. The molecule has 0 aliphatic carbocycles. The fraction of sp³-hybridized carbons (Fsp3) is 0.391. The number of hydrogen-bond donors (Lipinski definition) is 2. The number of esters is 2. The van der Waals surface area contributed by atoms with E-state index in [1.54, 1.807) is 31.4 Å². The van der Waals surface area contributed by atoms with Crippen molar-refractivity contribution in [3.05, 3.63) is 50.2 Å². The van der Waals surface area contributed by atoms with E-state index in [2.05, 4.69) is 15.7 Å². The summed E-state index contributed by atoms with van der Waals surface area (Å²) in [5, 5.41) is 11.3. The number of amides is 1. The Kier molecular flexibility index (Phi) is 7.59. The van der Waals surface area contributed by atoms with E-state index in [1.807, 2.05) is 0 Å². The number of anilines is 2. The summed E-state index contributed by atoms with van der Waals surface area (Å²) in [7, 11) is 0. The van der Waals surface area contributed by atoms with Gasteiger partial charge in [0.05, 0.1) is 24.8 Å². The molecule has 4 heterocycles. The van der Waals surface area contributed by atoms with Crippen molar-refractivity contribution in [2.45, 2.75) is 45.5 Å². The molecule has 3 aromatic heterocycles. The molecule has 0 bridgehead atoms. The number of thiophene rings is 2. The van der Waals surface area contributed by atoms with Crippen LogP contribution in [0.4, 0.5) is 24.0 Å². The predicted molar refractivity (Wildman–Crippen MR) is 132 cm³/mol. The predicted octanol–water partition coefficient (Wildman–Crippen LogP) is 5.58. The number of hydrogen-bond acceptors (Lipinski definition) is 9. The van der Waals surface area contributed by atoms with Crippen LogP contribution >= 0.6 is 22.7 Å². The Morgan fingerprint density at radius 2 is 1.92 bits per heavy atom. The third-order valence-corrected chi connectivity index (χ3v) is 7.80. The molecule has 0 radical (unpaired) electrons. The highest BCUT2D eigenvalue weighted by Crippen LogP contribution is 2.44. The topological polar surface area (TPSA) is 112 Å². The highest BCUT2D eigenvalue weighted by atomic mass is 32.1. The zero-order chi connectivity index (χ0) is 26.9. The molecular weight excluding hydrogens is 533 g/mol. The minimum atomic E-state index is -4.59. The van der Waals surface area contributed by atoms with Crippen LogP contribution in [0.2, 0.25) is 0 Å². The highest BCUT2D eigenvalue weighted by Gasteiger charge is 2.47. The van der Waals surface area contributed by atoms with Gasteiger partial charge < -0.3 is 20.1 Å². The monoisotopic (exact) mass is 556 g/mol. The van der Waals surface area contributed by atoms with Crippen LogP contribution in [0.15, 0.2) is 23.6 Å². The first-order valence-electron chi connectivity index (χ1n) is 11.3. The summed E-state index contributed by atoms with van der Waals surface area (Å²) in [4.78, 5) is 38.9. The van der Waals surface area contributed by atoms with Gasteiger partial charge in [-0.15, -0.1) is 22.7 Å². The lowest BCUT2D eigenvalue weighted by molar-refractivity contribution is -0.173. The van der Waals surface area contributed by atoms with E-state index in [0.717, 1.165) is 20.9 Å². The molecule has 0 fully saturated rings. The van der Waals surface area contributed by atoms with Crippen molar-refractivity contribution in [1.29, 1.82) is 0 Å². The normalized spacial score (nSPS) is 17.0. The van der Waals surface area contributed by atoms with Crippen molar-refractivity contribution in [2.24, 2.45) is 0 Å². The van der Waals surface area contributed by atoms with E-state index < -0.39 is 36.1 Å². The zero-order valence-corrected chi connectivity index (χ0v) is 21.6. The first kappa shape index (κ1) is 26.7. The molecule has 3 aromatic rings. The highest BCUT2D eigenvalue weighted by molar-refractivity contribution is 7.18. The first-order chi connectivity index (χ1) is 17.5. The van der Waals surface area contributed by atoms with Crippen LogP contribution < -0.4 is 10.6 Å². The summed E-state index contributed by atoms with van der Waals surface area (Å²) >= 11 is 2.14. The van der Waals surface area contributed by atoms with E-state index in [9.17, 15) is 27.6 Å². The van der Waals surface area contributed by atoms with Crippen molar-refractivity contribution in [3.63, 3.8) is 0 Å². The number of rotatable bonds is 7. The van der Waals surface area contributed by atoms with Gasteiger partial charge in [-0.3, -0.25) is 4.79 Å². The molecule has 4 rings (SSSR count). The van der Waals surface area contributed by atoms with Crippen molar-refractivity contribution in [3.8, 4) is 0 Å². The molecule has 0 saturated heterocycles. The van der Waals surface area contributed by atoms with Gasteiger partial charge in [-0.2, -0.15) is 18.3 Å². The number of carbonyl (C=O) groups is 3. The van der Waals surface area contributed by atoms with Crippen molar-refractivity contribution in [2.75, 3.05) is 23.8 Å². The molecule has 1 amide bonds. The maximum Gasteiger partial charge on any atom is 0.410 e. The number of ether oxygens (including phenoxy) is 2. The molecule has 37 heavy (non-hydrogen) atoms. The molecule has 1 aliphatic rings. The van der Waals surface area contributed by atoms with Gasteiger partial charge in [0.2, 0.25) is 0 Å². The number of alkyl halides is 3. The lowest BCUT2D eigenvalue weighted by Gasteiger charge is -2.32. The molecule has 0 spiro atoms. The molecule has 198 valence electrons. The number of nitrogens with zero attached hydrogens (tertiary/aromatic N) is 2. The molecule has 2 N–H and O–H groups in total. The summed E-state index contributed by atoms with van der Waals surface area (Å²) < 4.78 is 52.6. The lowest BCUT2D eigenvalue weighted by atomic mass is 10.0. The van der Waals surface area contributed by atoms with E-state index in [-0.39, 0.29) is 52.2 Å². The summed E-state index contributed by atoms with van der Waals surface area (Å²) in [5.41, 5.74) is -0.0580. The largest absolute Gasteiger partial charge is 0.462 e. The average molecular weight is 557 g/mol. The van der Waals surface area contributed by atoms with Crippen molar-refractivity contribution >= 4 is 51.3 Å². The fourth-order valence-electron chi connectivity index (χ4n) is 3.97. The molecule has 9 nitrogen and oxygen atoms in total. The second kappa shape index (κ2) is 10.5. The summed E-state index contributed by atoms with van der Waals surface area (Å²) in [6.45, 7) is 4.91. The van der Waals surface area contributed by atoms with Crippen LogP contribution in [0, 0.1) is 6.92 Å². The molecule has 14 heteroatoms. The van der Waals surface area contributed by atoms with E-state index >= 15 is 0 Å². The summed E-state index contributed by atoms with van der Waals surface area (Å²) in [6, 6.07) is 2.18. The quantitative estimate of drug-likeness (QED) is 0.366. The second-order valence-electron chi connectivity index (χ2n) is 8.02. The third-order valence-electron chi connectivity index (χ3n) is 5.62. The van der Waals surface area contributed by atoms with Gasteiger partial charge in [-0.1, -0.05) is 6.07 Å². The van der Waals surface area contributed by atoms with Gasteiger partial charge in [0, 0.05) is 17.4 Å². The van der Waals surface area contributed by atoms with E-state index in [4.69, 9.17) is 9.47 Å². The van der Waals surface area contributed by atoms with Crippen LogP contribution in [-0.2, 0) is 9.47 Å². The molecule has 1 aliphatic heterocycles. The number of nitrogens with one attached hydrogen (secondary N) is 2. The first-order valence-corrected chi connectivity index (χ1v) is 13.0. The molecule has 2 atom stereocenters. The Morgan fingerprint density at radius 3 is 2.54 bits per heavy atom. The average Bonchev–Trinajstić information content (AvgIpc) is 3.57. The minimum absolute atomic E-state index is 0.00627. The number of halogens is 3. The van der Waals surface area contributed by atoms with Gasteiger partial charge in [-0.05, 0) is 37.8 Å². The van der Waals surface area contributed by atoms with E-state index in [0.29, 0.717) is 0 Å². The smallest absolute Gasteiger partial charge is 0.410 e. The van der Waals surface area contributed by atoms with Gasteiger partial charge in [0.25, 0.3) is 5.91 Å². The summed E-state index contributed by atoms with van der Waals surface area (Å²) in [6.07, 6.45) is -4.89. The van der Waals surface area contributed by atoms with Crippen LogP contribution in [0.1, 0.15) is 73.3 Å². The molecule has 0 unspecified atom stereocenters. The number of carbonyl (C=O) groups excluding carboxylic acids is 3. The van der Waals surface area contributed by atoms with Crippen molar-refractivity contribution in [1.82, 2.24) is 9.78 Å². The SMILES string of the molecule is CCOC(=O)c1sc(NC(=O)c2cc3n(n2)[C@H](C(F)(F)F)C[C@H](c2cccs2)N3)c(C(=O)OCC)c1C. The minimum Gasteiger partial charge on any atom is -0.462 e. The standard InChI is InChI=1S/C23H23F3N4O5S2/c1-4-34-21(32)17-11(3)18(22(33)35-5-2)37-20(17)28-19(31)13-10-16-27-12(14-7-6-8-36-14)9-15(23(24,25)26)30(16)29-13/h6-8,10,12,15,27H,4-5,9H2,1-3H3,(H,28,31)/t12-,15+/m1/s1. The maximum absolute atomic E-state index is 13.9. The van der Waals surface area contributed by atoms with Crippen LogP contribution in [0.3, 0.4) is 0 Å². The lowest BCUT2D eigenvalue weighted by Crippen LogP contribution is -2.35. The maximum atomic E-state index is 13.9. The van der Waals surface area contributed by atoms with Crippen LogP contribution in [0.5, 0.6) is 0 Å². The van der Waals surface area contributed by atoms with Crippen molar-refractivity contribution < 1.29 is 37.0 Å². The second-order valence-corrected chi connectivity index (χ2v) is 10.0. The Balaban J connectivity index is 1.67. The Labute approximate surface area is 217 Å². The van der Waals surface area contributed by atoms with Gasteiger partial charge in [0.1, 0.15) is 15.7 Å². The third kappa shape index (κ3) is 5.34. The van der Waals surface area contributed by atoms with Gasteiger partial charge >= 0.3 is 18.1 Å². The fourth-order valence-corrected chi connectivity index (χ4v) is 5.84. The number of aromatic nitrogens is 2. The van der Waals surface area contributed by atoms with E-state index in [1.165, 1.54) is 24.3 Å². The van der Waals surface area contributed by atoms with Gasteiger partial charge in [-0.25, -0.2) is 14.3 Å². The van der Waals surface area contributed by atoms with Crippen LogP contribution in [0.25, 0.3) is 0 Å². The van der Waals surface area contributed by atoms with Crippen LogP contribution in [-0.4, -0.2) is 47.0 Å². The molecule has 0 aromatic carbocycles. The number of fused-ring (bicyclic) bond motifs is 1. The molecule has 0 saturated carbocycles. The van der Waals surface area contributed by atoms with Gasteiger partial charge in [0.15, 0.2) is 11.7 Å².